The van der Waals surface area contributed by atoms with Crippen LogP contribution in [-0.4, -0.2) is 38.8 Å². The van der Waals surface area contributed by atoms with Crippen LogP contribution in [0.15, 0.2) is 59.8 Å². The summed E-state index contributed by atoms with van der Waals surface area (Å²) in [5, 5.41) is 1.10. The molecule has 0 N–H and O–H groups in total. The smallest absolute Gasteiger partial charge is 0.306 e. The van der Waals surface area contributed by atoms with Crippen molar-refractivity contribution in [3.8, 4) is 0 Å². The van der Waals surface area contributed by atoms with Crippen molar-refractivity contribution >= 4 is 34.3 Å². The van der Waals surface area contributed by atoms with Crippen LogP contribution in [0.1, 0.15) is 99.8 Å². The first-order valence-electron chi connectivity index (χ1n) is 14.5. The van der Waals surface area contributed by atoms with Crippen molar-refractivity contribution in [3.05, 3.63) is 71.1 Å². The molecule has 4 rings (SSSR count). The van der Waals surface area contributed by atoms with Gasteiger partial charge in [0.05, 0.1) is 23.5 Å². The van der Waals surface area contributed by atoms with Crippen LogP contribution in [0.5, 0.6) is 0 Å². The zero-order chi connectivity index (χ0) is 31.1. The van der Waals surface area contributed by atoms with Gasteiger partial charge in [0.2, 0.25) is 0 Å². The number of ether oxygens (including phenoxy) is 2. The van der Waals surface area contributed by atoms with Crippen molar-refractivity contribution in [3.63, 3.8) is 0 Å². The van der Waals surface area contributed by atoms with Gasteiger partial charge in [0.25, 0.3) is 0 Å². The molecule has 0 spiro atoms. The second kappa shape index (κ2) is 13.7. The molecule has 0 fully saturated rings. The number of carbonyl (C=O) groups is 3. The van der Waals surface area contributed by atoms with Crippen molar-refractivity contribution < 1.29 is 23.9 Å². The summed E-state index contributed by atoms with van der Waals surface area (Å²) in [7, 11) is 0. The first-order chi connectivity index (χ1) is 19.3. The number of esters is 2. The van der Waals surface area contributed by atoms with Crippen molar-refractivity contribution in [1.29, 1.82) is 0 Å². The standard InChI is InChI=1S/C25H26N2O3.C7H14O2.C2H6/c1-6-20-15(3)27-14-19-12-18-10-8-9-11-22(18)26-24(19)23(27)13-21(20)25(7-2,16(4)28)30-17(5)29;1-5-6(8)9-7(2,3)4;1-2/h8-13H,3,6-7,14H2,1-2,4-5H3;5H2,1-4H3;1-2H3. The predicted octanol–water partition coefficient (Wildman–Crippen LogP) is 7.69. The summed E-state index contributed by atoms with van der Waals surface area (Å²) < 4.78 is 10.7. The van der Waals surface area contributed by atoms with E-state index in [9.17, 15) is 14.4 Å². The molecule has 3 heterocycles. The predicted molar refractivity (Wildman–Crippen MR) is 165 cm³/mol. The number of nitrogens with zero attached hydrogens (tertiary/aromatic N) is 2. The van der Waals surface area contributed by atoms with E-state index >= 15 is 0 Å². The van der Waals surface area contributed by atoms with Crippen LogP contribution in [0.2, 0.25) is 0 Å². The van der Waals surface area contributed by atoms with Crippen LogP contribution in [0.25, 0.3) is 16.6 Å². The van der Waals surface area contributed by atoms with Crippen LogP contribution in [-0.2, 0) is 30.4 Å². The third-order valence-corrected chi connectivity index (χ3v) is 6.83. The molecule has 0 amide bonds. The Bertz CT molecular complexity index is 1380. The molecule has 222 valence electrons. The van der Waals surface area contributed by atoms with E-state index < -0.39 is 11.6 Å². The highest BCUT2D eigenvalue weighted by Crippen LogP contribution is 2.46. The van der Waals surface area contributed by atoms with Crippen LogP contribution >= 0.6 is 0 Å². The monoisotopic (exact) mass is 562 g/mol. The number of hydrogen-bond donors (Lipinski definition) is 0. The summed E-state index contributed by atoms with van der Waals surface area (Å²) >= 11 is 0. The normalized spacial score (nSPS) is 15.3. The van der Waals surface area contributed by atoms with Gasteiger partial charge in [-0.05, 0) is 64.3 Å². The molecule has 0 saturated carbocycles. The summed E-state index contributed by atoms with van der Waals surface area (Å²) in [6, 6.07) is 10.2. The Balaban J connectivity index is 0.000000459. The molecule has 0 bridgehead atoms. The van der Waals surface area contributed by atoms with E-state index in [1.54, 1.807) is 6.92 Å². The molecule has 7 nitrogen and oxygen atoms in total. The van der Waals surface area contributed by atoms with E-state index in [4.69, 9.17) is 14.5 Å². The number of para-hydroxylation sites is 1. The van der Waals surface area contributed by atoms with Gasteiger partial charge >= 0.3 is 11.9 Å². The summed E-state index contributed by atoms with van der Waals surface area (Å²) in [4.78, 5) is 42.4. The van der Waals surface area contributed by atoms with Crippen molar-refractivity contribution in [1.82, 2.24) is 9.88 Å². The second-order valence-corrected chi connectivity index (χ2v) is 10.8. The summed E-state index contributed by atoms with van der Waals surface area (Å²) in [5.41, 5.74) is 4.67. The number of carbonyl (C=O) groups excluding carboxylic acids is 3. The van der Waals surface area contributed by atoms with Gasteiger partial charge in [0.1, 0.15) is 5.60 Å². The van der Waals surface area contributed by atoms with Gasteiger partial charge in [0.15, 0.2) is 11.4 Å². The maximum atomic E-state index is 12.8. The minimum atomic E-state index is -1.32. The largest absolute Gasteiger partial charge is 0.460 e. The topological polar surface area (TPSA) is 85.8 Å². The van der Waals surface area contributed by atoms with Crippen molar-refractivity contribution in [2.45, 2.75) is 106 Å². The Morgan fingerprint density at radius 3 is 2.15 bits per heavy atom. The Morgan fingerprint density at radius 2 is 1.66 bits per heavy atom. The van der Waals surface area contributed by atoms with E-state index in [-0.39, 0.29) is 17.4 Å². The molecule has 0 radical (unpaired) electrons. The highest BCUT2D eigenvalue weighted by molar-refractivity contribution is 5.94. The molecule has 2 aromatic rings. The molecule has 41 heavy (non-hydrogen) atoms. The number of aromatic nitrogens is 1. The lowest BCUT2D eigenvalue weighted by molar-refractivity contribution is -0.160. The van der Waals surface area contributed by atoms with E-state index in [0.29, 0.717) is 31.4 Å². The average Bonchev–Trinajstić information content (AvgIpc) is 3.28. The van der Waals surface area contributed by atoms with Crippen molar-refractivity contribution in [2.24, 2.45) is 0 Å². The molecule has 1 aromatic carbocycles. The van der Waals surface area contributed by atoms with E-state index in [1.807, 2.05) is 72.7 Å². The zero-order valence-corrected chi connectivity index (χ0v) is 26.4. The Hall–Kier alpha value is -3.74. The fraction of sp³-hybridized carbons (Fsp3) is 0.471. The molecule has 0 saturated heterocycles. The zero-order valence-electron chi connectivity index (χ0n) is 26.4. The van der Waals surface area contributed by atoms with Gasteiger partial charge < -0.3 is 14.4 Å². The van der Waals surface area contributed by atoms with E-state index in [1.165, 1.54) is 13.8 Å². The fourth-order valence-electron chi connectivity index (χ4n) is 5.06. The number of pyridine rings is 1. The van der Waals surface area contributed by atoms with Gasteiger partial charge in [-0.1, -0.05) is 59.4 Å². The molecule has 0 aliphatic carbocycles. The highest BCUT2D eigenvalue weighted by Gasteiger charge is 2.45. The first kappa shape index (κ1) is 33.5. The van der Waals surface area contributed by atoms with Gasteiger partial charge in [-0.3, -0.25) is 14.4 Å². The molecule has 1 atom stereocenters. The van der Waals surface area contributed by atoms with Gasteiger partial charge in [-0.25, -0.2) is 4.98 Å². The minimum Gasteiger partial charge on any atom is -0.460 e. The molecule has 7 heteroatoms. The van der Waals surface area contributed by atoms with Crippen LogP contribution in [0.4, 0.5) is 0 Å². The summed E-state index contributed by atoms with van der Waals surface area (Å²) in [6.07, 6.45) is 3.47. The lowest BCUT2D eigenvalue weighted by Gasteiger charge is -2.38. The van der Waals surface area contributed by atoms with Crippen LogP contribution < -0.4 is 0 Å². The quantitative estimate of drug-likeness (QED) is 0.334. The molecule has 1 unspecified atom stereocenters. The molecule has 2 aliphatic heterocycles. The van der Waals surface area contributed by atoms with Gasteiger partial charge in [0, 0.05) is 35.6 Å². The minimum absolute atomic E-state index is 0.137. The number of Topliss-reactive ketones (excluding diaryl/α,β-unsaturated/α-hetero) is 1. The number of fused-ring (bicyclic) bond motifs is 4. The fourth-order valence-corrected chi connectivity index (χ4v) is 5.06. The summed E-state index contributed by atoms with van der Waals surface area (Å²) in [6.45, 7) is 23.1. The highest BCUT2D eigenvalue weighted by atomic mass is 16.6. The number of ketones is 1. The van der Waals surface area contributed by atoms with Crippen LogP contribution in [0.3, 0.4) is 0 Å². The third-order valence-electron chi connectivity index (χ3n) is 6.83. The lowest BCUT2D eigenvalue weighted by Crippen LogP contribution is -2.44. The lowest BCUT2D eigenvalue weighted by atomic mass is 9.80. The Labute approximate surface area is 245 Å². The maximum absolute atomic E-state index is 12.8. The maximum Gasteiger partial charge on any atom is 0.306 e. The van der Waals surface area contributed by atoms with E-state index in [0.717, 1.165) is 39.1 Å². The second-order valence-electron chi connectivity index (χ2n) is 10.8. The van der Waals surface area contributed by atoms with Crippen LogP contribution in [0, 0.1) is 0 Å². The average molecular weight is 563 g/mol. The molecular weight excluding hydrogens is 516 g/mol. The molecule has 2 aliphatic rings. The number of hydrogen-bond acceptors (Lipinski definition) is 7. The third kappa shape index (κ3) is 7.32. The SMILES string of the molecule is C=C1C(CC)=C(C(CC)(OC(C)=O)C(C)=O)C=C2c3nc4ccccc4cc3CN12.CC.CCC(=O)OC(C)(C)C. The van der Waals surface area contributed by atoms with Gasteiger partial charge in [-0.15, -0.1) is 0 Å². The summed E-state index contributed by atoms with van der Waals surface area (Å²) in [5.74, 6) is -0.802. The Morgan fingerprint density at radius 1 is 1.02 bits per heavy atom. The first-order valence-corrected chi connectivity index (χ1v) is 14.5. The molecule has 1 aromatic heterocycles. The van der Waals surface area contributed by atoms with Crippen molar-refractivity contribution in [2.75, 3.05) is 0 Å². The number of allylic oxidation sites excluding steroid dienone is 1. The van der Waals surface area contributed by atoms with E-state index in [2.05, 4.69) is 23.6 Å². The number of benzene rings is 1. The Kier molecular flexibility index (Phi) is 11.2. The number of rotatable bonds is 6. The van der Waals surface area contributed by atoms with Gasteiger partial charge in [-0.2, -0.15) is 0 Å². The molecular formula is C34H46N2O5.